The Balaban J connectivity index is 1.64. The van der Waals surface area contributed by atoms with E-state index in [4.69, 9.17) is 0 Å². The first-order valence-corrected chi connectivity index (χ1v) is 10.5. The fraction of sp³-hybridized carbons (Fsp3) is 0.412. The highest BCUT2D eigenvalue weighted by Crippen LogP contribution is 2.26. The van der Waals surface area contributed by atoms with Gasteiger partial charge in [-0.15, -0.1) is 11.3 Å². The number of sulfonamides is 1. The number of nitrogens with zero attached hydrogens (tertiary/aromatic N) is 2. The molecule has 1 aromatic heterocycles. The van der Waals surface area contributed by atoms with Crippen molar-refractivity contribution in [1.29, 1.82) is 0 Å². The monoisotopic (exact) mass is 379 g/mol. The molecule has 0 radical (unpaired) electrons. The van der Waals surface area contributed by atoms with Gasteiger partial charge in [0.1, 0.15) is 0 Å². The summed E-state index contributed by atoms with van der Waals surface area (Å²) in [6.07, 6.45) is 2.67. The number of anilines is 1. The number of thiazole rings is 1. The van der Waals surface area contributed by atoms with Crippen LogP contribution in [0.3, 0.4) is 0 Å². The number of carbonyl (C=O) groups is 1. The fourth-order valence-corrected chi connectivity index (χ4v) is 4.96. The standard InChI is InChI=1S/C17H21N3O3S2/c1-12-3-4-15(11-13(12)2)25(22,23)20-8-5-14(6-9-20)16(21)19-17-18-7-10-24-17/h3-4,7,10-11,14H,5-6,8-9H2,1-2H3,(H,18,19,21). The lowest BCUT2D eigenvalue weighted by Gasteiger charge is -2.30. The highest BCUT2D eigenvalue weighted by atomic mass is 32.2. The predicted octanol–water partition coefficient (Wildman–Crippen LogP) is 2.80. The molecule has 1 aliphatic heterocycles. The topological polar surface area (TPSA) is 79.4 Å². The molecule has 1 fully saturated rings. The van der Waals surface area contributed by atoms with Gasteiger partial charge in [0.25, 0.3) is 0 Å². The third kappa shape index (κ3) is 3.91. The zero-order valence-electron chi connectivity index (χ0n) is 14.2. The highest BCUT2D eigenvalue weighted by molar-refractivity contribution is 7.89. The molecule has 1 saturated heterocycles. The van der Waals surface area contributed by atoms with E-state index in [1.54, 1.807) is 23.7 Å². The molecule has 6 nitrogen and oxygen atoms in total. The third-order valence-corrected chi connectivity index (χ3v) is 7.19. The summed E-state index contributed by atoms with van der Waals surface area (Å²) in [6, 6.07) is 5.20. The van der Waals surface area contributed by atoms with E-state index in [2.05, 4.69) is 10.3 Å². The van der Waals surface area contributed by atoms with Gasteiger partial charge in [-0.25, -0.2) is 13.4 Å². The normalized spacial score (nSPS) is 16.7. The largest absolute Gasteiger partial charge is 0.302 e. The van der Waals surface area contributed by atoms with E-state index in [1.807, 2.05) is 19.9 Å². The van der Waals surface area contributed by atoms with Gasteiger partial charge in [0.15, 0.2) is 5.13 Å². The smallest absolute Gasteiger partial charge is 0.243 e. The highest BCUT2D eigenvalue weighted by Gasteiger charge is 2.32. The number of piperidine rings is 1. The number of hydrogen-bond donors (Lipinski definition) is 1. The first-order valence-electron chi connectivity index (χ1n) is 8.15. The minimum atomic E-state index is -3.51. The van der Waals surface area contributed by atoms with Crippen LogP contribution in [0, 0.1) is 19.8 Å². The molecule has 0 bridgehead atoms. The molecule has 25 heavy (non-hydrogen) atoms. The van der Waals surface area contributed by atoms with Gasteiger partial charge < -0.3 is 5.32 Å². The Bertz CT molecular complexity index is 855. The molecular formula is C17H21N3O3S2. The zero-order chi connectivity index (χ0) is 18.0. The van der Waals surface area contributed by atoms with Gasteiger partial charge in [-0.05, 0) is 49.9 Å². The van der Waals surface area contributed by atoms with Crippen LogP contribution in [0.1, 0.15) is 24.0 Å². The Morgan fingerprint density at radius 1 is 1.24 bits per heavy atom. The van der Waals surface area contributed by atoms with Crippen LogP contribution in [0.2, 0.25) is 0 Å². The van der Waals surface area contributed by atoms with Gasteiger partial charge in [-0.2, -0.15) is 4.31 Å². The van der Waals surface area contributed by atoms with Crippen LogP contribution < -0.4 is 5.32 Å². The maximum atomic E-state index is 12.8. The lowest BCUT2D eigenvalue weighted by Crippen LogP contribution is -2.41. The Morgan fingerprint density at radius 3 is 2.56 bits per heavy atom. The van der Waals surface area contributed by atoms with Gasteiger partial charge >= 0.3 is 0 Å². The molecule has 1 amide bonds. The Kier molecular flexibility index (Phi) is 5.21. The van der Waals surface area contributed by atoms with Crippen LogP contribution in [-0.2, 0) is 14.8 Å². The quantitative estimate of drug-likeness (QED) is 0.886. The van der Waals surface area contributed by atoms with Crippen molar-refractivity contribution in [3.8, 4) is 0 Å². The predicted molar refractivity (Wildman–Crippen MR) is 98.1 cm³/mol. The molecule has 2 heterocycles. The number of rotatable bonds is 4. The summed E-state index contributed by atoms with van der Waals surface area (Å²) in [5.41, 5.74) is 2.02. The van der Waals surface area contributed by atoms with E-state index < -0.39 is 10.0 Å². The Morgan fingerprint density at radius 2 is 1.96 bits per heavy atom. The van der Waals surface area contributed by atoms with Crippen molar-refractivity contribution in [2.45, 2.75) is 31.6 Å². The zero-order valence-corrected chi connectivity index (χ0v) is 15.9. The number of benzene rings is 1. The Labute approximate surface area is 151 Å². The SMILES string of the molecule is Cc1ccc(S(=O)(=O)N2CCC(C(=O)Nc3nccs3)CC2)cc1C. The number of amides is 1. The van der Waals surface area contributed by atoms with Gasteiger partial charge in [0.05, 0.1) is 4.90 Å². The molecule has 0 saturated carbocycles. The average molecular weight is 380 g/mol. The van der Waals surface area contributed by atoms with Gasteiger partial charge in [-0.1, -0.05) is 6.07 Å². The van der Waals surface area contributed by atoms with E-state index in [0.717, 1.165) is 11.1 Å². The van der Waals surface area contributed by atoms with Crippen molar-refractivity contribution in [3.63, 3.8) is 0 Å². The summed E-state index contributed by atoms with van der Waals surface area (Å²) < 4.78 is 27.1. The summed E-state index contributed by atoms with van der Waals surface area (Å²) in [4.78, 5) is 16.6. The van der Waals surface area contributed by atoms with Crippen molar-refractivity contribution in [2.75, 3.05) is 18.4 Å². The molecular weight excluding hydrogens is 358 g/mol. The molecule has 0 unspecified atom stereocenters. The first-order chi connectivity index (χ1) is 11.9. The van der Waals surface area contributed by atoms with Crippen LogP contribution >= 0.6 is 11.3 Å². The average Bonchev–Trinajstić information content (AvgIpc) is 3.10. The Hall–Kier alpha value is -1.77. The van der Waals surface area contributed by atoms with Crippen molar-refractivity contribution < 1.29 is 13.2 Å². The van der Waals surface area contributed by atoms with Gasteiger partial charge in [0, 0.05) is 30.6 Å². The van der Waals surface area contributed by atoms with Crippen molar-refractivity contribution in [1.82, 2.24) is 9.29 Å². The summed E-state index contributed by atoms with van der Waals surface area (Å²) in [7, 11) is -3.51. The lowest BCUT2D eigenvalue weighted by molar-refractivity contribution is -0.120. The number of aromatic nitrogens is 1. The van der Waals surface area contributed by atoms with Crippen LogP contribution in [0.5, 0.6) is 0 Å². The van der Waals surface area contributed by atoms with E-state index >= 15 is 0 Å². The van der Waals surface area contributed by atoms with Crippen LogP contribution in [0.4, 0.5) is 5.13 Å². The molecule has 0 aliphatic carbocycles. The molecule has 134 valence electrons. The second-order valence-electron chi connectivity index (χ2n) is 6.25. The fourth-order valence-electron chi connectivity index (χ4n) is 2.87. The molecule has 1 aliphatic rings. The number of hydrogen-bond acceptors (Lipinski definition) is 5. The van der Waals surface area contributed by atoms with E-state index in [9.17, 15) is 13.2 Å². The first kappa shape index (κ1) is 18.0. The number of aryl methyl sites for hydroxylation is 2. The molecule has 0 atom stereocenters. The lowest BCUT2D eigenvalue weighted by atomic mass is 9.97. The summed E-state index contributed by atoms with van der Waals surface area (Å²) in [5, 5.41) is 5.17. The van der Waals surface area contributed by atoms with Gasteiger partial charge in [0.2, 0.25) is 15.9 Å². The minimum Gasteiger partial charge on any atom is -0.302 e. The minimum absolute atomic E-state index is 0.0850. The summed E-state index contributed by atoms with van der Waals surface area (Å²) >= 11 is 1.37. The molecule has 0 spiro atoms. The maximum Gasteiger partial charge on any atom is 0.243 e. The van der Waals surface area contributed by atoms with E-state index in [1.165, 1.54) is 15.6 Å². The molecule has 3 rings (SSSR count). The van der Waals surface area contributed by atoms with Gasteiger partial charge in [-0.3, -0.25) is 4.79 Å². The molecule has 1 N–H and O–H groups in total. The molecule has 1 aromatic carbocycles. The molecule has 2 aromatic rings. The van der Waals surface area contributed by atoms with E-state index in [-0.39, 0.29) is 11.8 Å². The third-order valence-electron chi connectivity index (χ3n) is 4.60. The van der Waals surface area contributed by atoms with Crippen LogP contribution in [0.15, 0.2) is 34.7 Å². The number of carbonyl (C=O) groups excluding carboxylic acids is 1. The van der Waals surface area contributed by atoms with Crippen molar-refractivity contribution in [2.24, 2.45) is 5.92 Å². The summed E-state index contributed by atoms with van der Waals surface area (Å²) in [5.74, 6) is -0.270. The number of nitrogens with one attached hydrogen (secondary N) is 1. The second kappa shape index (κ2) is 7.23. The maximum absolute atomic E-state index is 12.8. The van der Waals surface area contributed by atoms with Crippen LogP contribution in [-0.4, -0.2) is 36.7 Å². The summed E-state index contributed by atoms with van der Waals surface area (Å²) in [6.45, 7) is 4.57. The van der Waals surface area contributed by atoms with Crippen molar-refractivity contribution in [3.05, 3.63) is 40.9 Å². The van der Waals surface area contributed by atoms with Crippen molar-refractivity contribution >= 4 is 32.4 Å². The molecule has 8 heteroatoms. The second-order valence-corrected chi connectivity index (χ2v) is 9.08. The van der Waals surface area contributed by atoms with E-state index in [0.29, 0.717) is 36.0 Å². The van der Waals surface area contributed by atoms with Crippen LogP contribution in [0.25, 0.3) is 0 Å².